The molecule has 35 heavy (non-hydrogen) atoms. The number of fused-ring (bicyclic) bond motifs is 1. The highest BCUT2D eigenvalue weighted by molar-refractivity contribution is 6.53. The van der Waals surface area contributed by atoms with E-state index in [-0.39, 0.29) is 12.0 Å². The lowest BCUT2D eigenvalue weighted by Crippen LogP contribution is -2.69. The second-order valence-corrected chi connectivity index (χ2v) is 9.03. The van der Waals surface area contributed by atoms with E-state index in [0.29, 0.717) is 46.7 Å². The summed E-state index contributed by atoms with van der Waals surface area (Å²) in [6, 6.07) is 12.7. The maximum atomic E-state index is 9.94. The van der Waals surface area contributed by atoms with E-state index in [1.165, 1.54) is 0 Å². The van der Waals surface area contributed by atoms with Crippen LogP contribution in [0.15, 0.2) is 40.9 Å². The predicted molar refractivity (Wildman–Crippen MR) is 135 cm³/mol. The minimum absolute atomic E-state index is 0.0699. The summed E-state index contributed by atoms with van der Waals surface area (Å²) in [6.45, 7) is 3.77. The lowest BCUT2D eigenvalue weighted by Gasteiger charge is -2.47. The van der Waals surface area contributed by atoms with Crippen molar-refractivity contribution in [2.24, 2.45) is 0 Å². The fourth-order valence-corrected chi connectivity index (χ4v) is 4.10. The van der Waals surface area contributed by atoms with Gasteiger partial charge in [0.15, 0.2) is 0 Å². The Morgan fingerprint density at radius 1 is 1.23 bits per heavy atom. The minimum atomic E-state index is -2.42. The molecule has 0 saturated carbocycles. The van der Waals surface area contributed by atoms with Gasteiger partial charge in [-0.15, -0.1) is 0 Å². The van der Waals surface area contributed by atoms with Gasteiger partial charge in [-0.25, -0.2) is 0 Å². The summed E-state index contributed by atoms with van der Waals surface area (Å²) in [5.41, 5.74) is 2.00. The molecule has 2 N–H and O–H groups in total. The van der Waals surface area contributed by atoms with E-state index in [0.717, 1.165) is 5.56 Å². The largest absolute Gasteiger partial charge is 0.490 e. The molecule has 4 rings (SSSR count). The average molecular weight is 453 g/mol. The first-order valence-corrected chi connectivity index (χ1v) is 11.0. The van der Waals surface area contributed by atoms with Crippen molar-refractivity contribution in [2.45, 2.75) is 49.0 Å². The van der Waals surface area contributed by atoms with Gasteiger partial charge in [-0.2, -0.15) is 10.2 Å². The van der Waals surface area contributed by atoms with Crippen molar-refractivity contribution in [1.82, 2.24) is 15.5 Å². The van der Waals surface area contributed by atoms with E-state index < -0.39 is 16.2 Å². The van der Waals surface area contributed by atoms with Crippen molar-refractivity contribution in [3.63, 3.8) is 0 Å². The number of nitrogens with one attached hydrogen (secondary N) is 1. The average Bonchev–Trinajstić information content (AvgIpc) is 3.38. The van der Waals surface area contributed by atoms with E-state index in [9.17, 15) is 10.4 Å². The van der Waals surface area contributed by atoms with Crippen LogP contribution < -0.4 is 10.1 Å². The topological polar surface area (TPSA) is 104 Å². The van der Waals surface area contributed by atoms with E-state index >= 15 is 0 Å². The van der Waals surface area contributed by atoms with Crippen molar-refractivity contribution in [1.29, 1.82) is 5.26 Å². The molecule has 0 aliphatic heterocycles. The van der Waals surface area contributed by atoms with Crippen LogP contribution in [-0.2, 0) is 11.9 Å². The number of aliphatic hydroxyl groups is 1. The minimum Gasteiger partial charge on any atom is -0.490 e. The summed E-state index contributed by atoms with van der Waals surface area (Å²) < 4.78 is 11.2. The molecule has 7 nitrogen and oxygen atoms in total. The van der Waals surface area contributed by atoms with Gasteiger partial charge in [0.1, 0.15) is 19.7 Å². The second kappa shape index (κ2) is 8.96. The van der Waals surface area contributed by atoms with Crippen LogP contribution in [0.25, 0.3) is 22.8 Å². The summed E-state index contributed by atoms with van der Waals surface area (Å²) >= 11 is 0. The molecule has 1 atom stereocenters. The molecule has 1 aliphatic carbocycles. The molecule has 1 aliphatic rings. The Morgan fingerprint density at radius 2 is 1.97 bits per heavy atom. The van der Waals surface area contributed by atoms with Gasteiger partial charge in [-0.05, 0) is 66.8 Å². The molecule has 0 fully saturated rings. The summed E-state index contributed by atoms with van der Waals surface area (Å²) in [4.78, 5) is 4.54. The van der Waals surface area contributed by atoms with Gasteiger partial charge in [0.25, 0.3) is 5.89 Å². The molecule has 0 unspecified atom stereocenters. The van der Waals surface area contributed by atoms with Crippen molar-refractivity contribution in [2.75, 3.05) is 0 Å². The third-order valence-electron chi connectivity index (χ3n) is 5.90. The van der Waals surface area contributed by atoms with Crippen molar-refractivity contribution >= 4 is 39.2 Å². The van der Waals surface area contributed by atoms with Gasteiger partial charge in [0.2, 0.25) is 5.82 Å². The zero-order valence-corrected chi connectivity index (χ0v) is 19.4. The number of nitriles is 1. The van der Waals surface area contributed by atoms with Crippen LogP contribution in [0.2, 0.25) is 0 Å². The lowest BCUT2D eigenvalue weighted by atomic mass is 9.39. The highest BCUT2D eigenvalue weighted by atomic mass is 16.5. The Morgan fingerprint density at radius 3 is 2.63 bits per heavy atom. The van der Waals surface area contributed by atoms with Crippen molar-refractivity contribution < 1.29 is 14.4 Å². The molecule has 164 valence electrons. The lowest BCUT2D eigenvalue weighted by molar-refractivity contribution is 0.164. The molecular formula is C23H19B5N4O3. The zero-order chi connectivity index (χ0) is 25.6. The molecule has 10 radical (unpaired) electrons. The number of hydrogen-bond acceptors (Lipinski definition) is 7. The predicted octanol–water partition coefficient (Wildman–Crippen LogP) is 0.893. The first kappa shape index (κ1) is 25.2. The van der Waals surface area contributed by atoms with Crippen LogP contribution in [0, 0.1) is 11.3 Å². The Balaban J connectivity index is 1.67. The van der Waals surface area contributed by atoms with Crippen LogP contribution in [0.1, 0.15) is 37.0 Å². The van der Waals surface area contributed by atoms with Crippen LogP contribution in [0.5, 0.6) is 5.75 Å². The van der Waals surface area contributed by atoms with Gasteiger partial charge in [0, 0.05) is 16.6 Å². The molecule has 2 aromatic carbocycles. The monoisotopic (exact) mass is 454 g/mol. The fourth-order valence-electron chi connectivity index (χ4n) is 4.10. The Hall–Kier alpha value is -2.89. The van der Waals surface area contributed by atoms with E-state index in [4.69, 9.17) is 48.5 Å². The van der Waals surface area contributed by atoms with Gasteiger partial charge in [-0.3, -0.25) is 0 Å². The molecule has 0 spiro atoms. The van der Waals surface area contributed by atoms with E-state index in [1.54, 1.807) is 24.3 Å². The fraction of sp³-hybridized carbons (Fsp3) is 0.348. The first-order chi connectivity index (χ1) is 16.3. The van der Waals surface area contributed by atoms with Gasteiger partial charge < -0.3 is 19.7 Å². The molecule has 0 amide bonds. The number of benzene rings is 2. The Kier molecular flexibility index (Phi) is 6.46. The number of hydrogen-bond donors (Lipinski definition) is 2. The van der Waals surface area contributed by atoms with E-state index in [1.807, 2.05) is 26.0 Å². The highest BCUT2D eigenvalue weighted by Gasteiger charge is 2.42. The summed E-state index contributed by atoms with van der Waals surface area (Å²) in [5.74, 6) is 1.08. The number of rotatable bonds is 7. The van der Waals surface area contributed by atoms with Crippen molar-refractivity contribution in [3.05, 3.63) is 53.1 Å². The summed E-state index contributed by atoms with van der Waals surface area (Å²) in [6.07, 6.45) is 0.876. The van der Waals surface area contributed by atoms with Gasteiger partial charge >= 0.3 is 0 Å². The quantitative estimate of drug-likeness (QED) is 0.512. The normalized spacial score (nSPS) is 17.8. The SMILES string of the molecule is [B]C([B])(O)C([B])([B])N[C@@]1([B])CCc2c(-c3noc(-c4ccc(OC(C)C)c(C#N)c4)n3)cccc21. The number of aromatic nitrogens is 2. The van der Waals surface area contributed by atoms with Crippen LogP contribution >= 0.6 is 0 Å². The first-order valence-electron chi connectivity index (χ1n) is 11.0. The third-order valence-corrected chi connectivity index (χ3v) is 5.90. The summed E-state index contributed by atoms with van der Waals surface area (Å²) in [5, 5.41) is 21.9. The molecule has 1 aromatic heterocycles. The second-order valence-electron chi connectivity index (χ2n) is 9.03. The highest BCUT2D eigenvalue weighted by Crippen LogP contribution is 2.41. The number of nitrogens with zero attached hydrogens (tertiary/aromatic N) is 3. The van der Waals surface area contributed by atoms with E-state index in [2.05, 4.69) is 21.5 Å². The smallest absolute Gasteiger partial charge is 0.258 e. The maximum absolute atomic E-state index is 9.94. The van der Waals surface area contributed by atoms with Gasteiger partial charge in [-0.1, -0.05) is 23.4 Å². The third kappa shape index (κ3) is 4.80. The molecule has 0 saturated heterocycles. The van der Waals surface area contributed by atoms with Gasteiger partial charge in [0.05, 0.1) is 43.1 Å². The molecule has 3 aromatic rings. The van der Waals surface area contributed by atoms with Crippen LogP contribution in [-0.4, -0.2) is 71.3 Å². The van der Waals surface area contributed by atoms with Crippen LogP contribution in [0.3, 0.4) is 0 Å². The molecule has 0 bridgehead atoms. The number of ether oxygens (including phenoxy) is 1. The Bertz CT molecular complexity index is 1300. The molecular weight excluding hydrogens is 434 g/mol. The Labute approximate surface area is 211 Å². The van der Waals surface area contributed by atoms with Crippen molar-refractivity contribution in [3.8, 4) is 34.7 Å². The zero-order valence-electron chi connectivity index (χ0n) is 19.4. The summed E-state index contributed by atoms with van der Waals surface area (Å²) in [7, 11) is 29.4. The molecule has 1 heterocycles. The maximum Gasteiger partial charge on any atom is 0.258 e. The van der Waals surface area contributed by atoms with Crippen LogP contribution in [0.4, 0.5) is 0 Å². The standard InChI is InChI=1S/C23H19B5N4O3/c1-12(2)34-18-7-6-13(10-14(18)11-29)20-30-19(31-35-20)16-4-3-5-17-15(16)8-9-21(17,24)32-22(25,26)23(27,28)33/h3-7,10,12,32-33H,8-9H2,1-2H3/t21-/m0/s1. The molecule has 12 heteroatoms.